The Morgan fingerprint density at radius 3 is 2.49 bits per heavy atom. The Kier molecular flexibility index (Phi) is 6.62. The van der Waals surface area contributed by atoms with Gasteiger partial charge < -0.3 is 23.7 Å². The molecule has 6 fully saturated rings. The summed E-state index contributed by atoms with van der Waals surface area (Å²) >= 11 is 0. The van der Waals surface area contributed by atoms with Gasteiger partial charge in [-0.1, -0.05) is 25.1 Å². The largest absolute Gasteiger partial charge is 0.462 e. The van der Waals surface area contributed by atoms with Crippen molar-refractivity contribution in [2.24, 2.45) is 40.4 Å². The van der Waals surface area contributed by atoms with Crippen LogP contribution < -0.4 is 0 Å². The van der Waals surface area contributed by atoms with Crippen molar-refractivity contribution in [1.82, 2.24) is 4.90 Å². The Hall–Kier alpha value is -2.00. The summed E-state index contributed by atoms with van der Waals surface area (Å²) < 4.78 is 31.9. The Balaban J connectivity index is 1.45. The number of fused-ring (bicyclic) bond motifs is 2. The van der Waals surface area contributed by atoms with E-state index in [0.717, 1.165) is 45.4 Å². The van der Waals surface area contributed by atoms with E-state index in [2.05, 4.69) is 11.8 Å². The minimum absolute atomic E-state index is 0.0178. The van der Waals surface area contributed by atoms with Crippen LogP contribution in [-0.2, 0) is 28.5 Å². The molecule has 1 saturated heterocycles. The van der Waals surface area contributed by atoms with Gasteiger partial charge in [0.05, 0.1) is 24.4 Å². The van der Waals surface area contributed by atoms with E-state index in [1.54, 1.807) is 7.11 Å². The molecule has 5 aliphatic carbocycles. The second kappa shape index (κ2) is 9.76. The Morgan fingerprint density at radius 2 is 1.83 bits per heavy atom. The SMILES string of the molecule is CCN1C[C@]2(COC)CC[C@H](OC)[C@@]34[C@@H]5C[C@H]6[C@H](OC(C)=O)[C@@H]5[C@](OC(=O)c5ccccc5)(C[C@@H]6OC)[C@@H](C[C@H]23)[C@@H]14. The first-order valence-electron chi connectivity index (χ1n) is 15.6. The van der Waals surface area contributed by atoms with Crippen LogP contribution >= 0.6 is 0 Å². The lowest BCUT2D eigenvalue weighted by atomic mass is 9.43. The lowest BCUT2D eigenvalue weighted by Gasteiger charge is -2.69. The van der Waals surface area contributed by atoms with Gasteiger partial charge in [-0.05, 0) is 56.2 Å². The molecule has 1 spiro atoms. The quantitative estimate of drug-likeness (QED) is 0.437. The average molecular weight is 568 g/mol. The fourth-order valence-electron chi connectivity index (χ4n) is 11.9. The Bertz CT molecular complexity index is 1190. The maximum Gasteiger partial charge on any atom is 0.338 e. The number of ether oxygens (including phenoxy) is 5. The van der Waals surface area contributed by atoms with Crippen LogP contribution in [0.5, 0.6) is 0 Å². The van der Waals surface area contributed by atoms with Gasteiger partial charge in [0.2, 0.25) is 0 Å². The minimum atomic E-state index is -0.812. The molecule has 0 radical (unpaired) electrons. The van der Waals surface area contributed by atoms with Gasteiger partial charge in [-0.25, -0.2) is 4.79 Å². The van der Waals surface area contributed by atoms with Gasteiger partial charge >= 0.3 is 11.9 Å². The van der Waals surface area contributed by atoms with Gasteiger partial charge in [0.1, 0.15) is 11.7 Å². The molecule has 12 atom stereocenters. The van der Waals surface area contributed by atoms with Gasteiger partial charge in [-0.2, -0.15) is 0 Å². The molecule has 6 aliphatic rings. The number of rotatable bonds is 8. The predicted octanol–water partition coefficient (Wildman–Crippen LogP) is 3.97. The van der Waals surface area contributed by atoms with Gasteiger partial charge in [0, 0.05) is 75.8 Å². The topological polar surface area (TPSA) is 83.5 Å². The molecule has 7 rings (SSSR count). The molecule has 41 heavy (non-hydrogen) atoms. The minimum Gasteiger partial charge on any atom is -0.462 e. The predicted molar refractivity (Wildman–Crippen MR) is 150 cm³/mol. The molecule has 0 amide bonds. The van der Waals surface area contributed by atoms with Crippen LogP contribution in [-0.4, -0.2) is 87.8 Å². The standard InChI is InChI=1S/C33H45NO7/c1-6-34-17-31(18-37-3)13-12-26(39-5)33-22-14-21-24(38-4)16-32(23(29(33)34)15-25(31)33,27(22)28(21)40-19(2)35)41-30(36)20-10-8-7-9-11-20/h7-11,21-29H,6,12-18H2,1-5H3/t21-,22-,23+,24+,25-,26+,27-,28+,29-,31+,32+,33-/m1/s1. The van der Waals surface area contributed by atoms with Crippen molar-refractivity contribution in [2.45, 2.75) is 75.9 Å². The van der Waals surface area contributed by atoms with Crippen LogP contribution in [0.2, 0.25) is 0 Å². The highest BCUT2D eigenvalue weighted by Crippen LogP contribution is 2.80. The van der Waals surface area contributed by atoms with Gasteiger partial charge in [0.15, 0.2) is 0 Å². The van der Waals surface area contributed by atoms with E-state index in [1.165, 1.54) is 6.92 Å². The van der Waals surface area contributed by atoms with E-state index >= 15 is 0 Å². The van der Waals surface area contributed by atoms with Gasteiger partial charge in [-0.15, -0.1) is 0 Å². The van der Waals surface area contributed by atoms with Crippen molar-refractivity contribution < 1.29 is 33.3 Å². The van der Waals surface area contributed by atoms with Crippen molar-refractivity contribution in [3.8, 4) is 0 Å². The molecule has 1 aliphatic heterocycles. The molecular weight excluding hydrogens is 522 g/mol. The molecule has 0 unspecified atom stereocenters. The van der Waals surface area contributed by atoms with Crippen LogP contribution in [0.3, 0.4) is 0 Å². The molecular formula is C33H45NO7. The number of methoxy groups -OCH3 is 3. The van der Waals surface area contributed by atoms with Crippen molar-refractivity contribution >= 4 is 11.9 Å². The lowest BCUT2D eigenvalue weighted by Crippen LogP contribution is -2.77. The third kappa shape index (κ3) is 3.48. The molecule has 7 bridgehead atoms. The summed E-state index contributed by atoms with van der Waals surface area (Å²) in [5.74, 6) is -0.00261. The van der Waals surface area contributed by atoms with Crippen molar-refractivity contribution in [2.75, 3.05) is 41.0 Å². The molecule has 1 heterocycles. The van der Waals surface area contributed by atoms with Crippen LogP contribution in [0.25, 0.3) is 0 Å². The number of likely N-dealkylation sites (tertiary alicyclic amines) is 1. The summed E-state index contributed by atoms with van der Waals surface area (Å²) in [6.07, 6.45) is 4.09. The first-order chi connectivity index (χ1) is 19.8. The number of benzene rings is 1. The van der Waals surface area contributed by atoms with Crippen molar-refractivity contribution in [3.63, 3.8) is 0 Å². The van der Waals surface area contributed by atoms with Crippen molar-refractivity contribution in [1.29, 1.82) is 0 Å². The Labute approximate surface area is 243 Å². The summed E-state index contributed by atoms with van der Waals surface area (Å²) in [4.78, 5) is 29.3. The highest BCUT2D eigenvalue weighted by Gasteiger charge is 2.85. The molecule has 0 N–H and O–H groups in total. The first kappa shape index (κ1) is 27.8. The molecule has 224 valence electrons. The number of carbonyl (C=O) groups excluding carboxylic acids is 2. The summed E-state index contributed by atoms with van der Waals surface area (Å²) in [5.41, 5.74) is -0.375. The maximum atomic E-state index is 14.0. The van der Waals surface area contributed by atoms with E-state index in [-0.39, 0.29) is 70.8 Å². The number of carbonyl (C=O) groups is 2. The number of hydrogen-bond acceptors (Lipinski definition) is 8. The second-order valence-electron chi connectivity index (χ2n) is 13.8. The van der Waals surface area contributed by atoms with Crippen LogP contribution in [0.4, 0.5) is 0 Å². The third-order valence-corrected chi connectivity index (χ3v) is 12.7. The highest BCUT2D eigenvalue weighted by molar-refractivity contribution is 5.89. The normalized spacial score (nSPS) is 47.2. The molecule has 0 aromatic heterocycles. The molecule has 5 saturated carbocycles. The molecule has 1 aromatic carbocycles. The maximum absolute atomic E-state index is 14.0. The smallest absolute Gasteiger partial charge is 0.338 e. The zero-order valence-electron chi connectivity index (χ0n) is 25.0. The van der Waals surface area contributed by atoms with Crippen LogP contribution in [0, 0.1) is 40.4 Å². The zero-order valence-corrected chi connectivity index (χ0v) is 25.0. The van der Waals surface area contributed by atoms with E-state index < -0.39 is 5.60 Å². The average Bonchev–Trinajstić information content (AvgIpc) is 3.40. The van der Waals surface area contributed by atoms with Gasteiger partial charge in [0.25, 0.3) is 0 Å². The second-order valence-corrected chi connectivity index (χ2v) is 13.8. The fourth-order valence-corrected chi connectivity index (χ4v) is 11.9. The van der Waals surface area contributed by atoms with E-state index in [9.17, 15) is 9.59 Å². The molecule has 8 heteroatoms. The molecule has 1 aromatic rings. The highest BCUT2D eigenvalue weighted by atomic mass is 16.6. The molecule has 8 nitrogen and oxygen atoms in total. The van der Waals surface area contributed by atoms with Crippen molar-refractivity contribution in [3.05, 3.63) is 35.9 Å². The summed E-state index contributed by atoms with van der Waals surface area (Å²) in [5, 5.41) is 0. The number of nitrogens with zero attached hydrogens (tertiary/aromatic N) is 1. The summed E-state index contributed by atoms with van der Waals surface area (Å²) in [6.45, 7) is 6.39. The number of hydrogen-bond donors (Lipinski definition) is 0. The monoisotopic (exact) mass is 567 g/mol. The van der Waals surface area contributed by atoms with Gasteiger partial charge in [-0.3, -0.25) is 9.69 Å². The summed E-state index contributed by atoms with van der Waals surface area (Å²) in [6, 6.07) is 9.53. The first-order valence-corrected chi connectivity index (χ1v) is 15.6. The zero-order chi connectivity index (χ0) is 28.7. The van der Waals surface area contributed by atoms with Crippen LogP contribution in [0.1, 0.15) is 56.3 Å². The lowest BCUT2D eigenvalue weighted by molar-refractivity contribution is -0.276. The fraction of sp³-hybridized carbons (Fsp3) is 0.758. The van der Waals surface area contributed by atoms with Crippen LogP contribution in [0.15, 0.2) is 30.3 Å². The van der Waals surface area contributed by atoms with E-state index in [4.69, 9.17) is 23.7 Å². The van der Waals surface area contributed by atoms with E-state index in [0.29, 0.717) is 17.9 Å². The number of esters is 2. The number of piperidine rings is 1. The van der Waals surface area contributed by atoms with E-state index in [1.807, 2.05) is 44.6 Å². The third-order valence-electron chi connectivity index (χ3n) is 12.7. The summed E-state index contributed by atoms with van der Waals surface area (Å²) in [7, 11) is 5.46. The Morgan fingerprint density at radius 1 is 1.05 bits per heavy atom.